The Morgan fingerprint density at radius 1 is 1.35 bits per heavy atom. The zero-order valence-electron chi connectivity index (χ0n) is 12.0. The maximum Gasteiger partial charge on any atom is 0.175 e. The molecule has 2 N–H and O–H groups in total. The first-order valence-electron chi connectivity index (χ1n) is 7.18. The molecule has 0 bridgehead atoms. The molecule has 1 unspecified atom stereocenters. The number of nitrogen functional groups attached to an aromatic ring is 1. The number of anilines is 1. The first-order chi connectivity index (χ1) is 9.67. The topological polar surface area (TPSA) is 52.0 Å². The fourth-order valence-corrected chi connectivity index (χ4v) is 2.90. The van der Waals surface area contributed by atoms with E-state index in [1.54, 1.807) is 0 Å². The summed E-state index contributed by atoms with van der Waals surface area (Å²) in [7, 11) is 0. The van der Waals surface area contributed by atoms with Crippen LogP contribution in [0.5, 0.6) is 0 Å². The van der Waals surface area contributed by atoms with Gasteiger partial charge in [0.05, 0.1) is 5.56 Å². The molecule has 2 rings (SSSR count). The van der Waals surface area contributed by atoms with Crippen molar-refractivity contribution < 1.29 is 4.52 Å². The van der Waals surface area contributed by atoms with Crippen molar-refractivity contribution in [2.45, 2.75) is 45.4 Å². The fourth-order valence-electron chi connectivity index (χ4n) is 2.50. The lowest BCUT2D eigenvalue weighted by Crippen LogP contribution is -1.99. The first-order valence-corrected chi connectivity index (χ1v) is 7.97. The van der Waals surface area contributed by atoms with E-state index in [-0.39, 0.29) is 0 Å². The summed E-state index contributed by atoms with van der Waals surface area (Å²) in [5, 5.41) is 3.99. The highest BCUT2D eigenvalue weighted by Gasteiger charge is 2.22. The van der Waals surface area contributed by atoms with Gasteiger partial charge in [0.2, 0.25) is 0 Å². The van der Waals surface area contributed by atoms with Crippen molar-refractivity contribution in [2.75, 3.05) is 5.73 Å². The maximum atomic E-state index is 6.02. The standard InChI is InChI=1S/C16H21BrN2O/c1-3-5-7-11(4-2)15-14(16(18)19-20-15)12-8-6-9-13(17)10-12/h6,8-11H,3-5,7H2,1-2H3,(H2,18,19). The second-order valence-electron chi connectivity index (χ2n) is 5.06. The highest BCUT2D eigenvalue weighted by atomic mass is 79.9. The zero-order chi connectivity index (χ0) is 14.5. The third-order valence-electron chi connectivity index (χ3n) is 3.63. The van der Waals surface area contributed by atoms with Gasteiger partial charge in [-0.05, 0) is 30.5 Å². The van der Waals surface area contributed by atoms with Gasteiger partial charge in [0.15, 0.2) is 5.82 Å². The van der Waals surface area contributed by atoms with Gasteiger partial charge < -0.3 is 10.3 Å². The molecule has 0 aliphatic heterocycles. The van der Waals surface area contributed by atoms with Gasteiger partial charge in [-0.25, -0.2) is 0 Å². The van der Waals surface area contributed by atoms with Crippen molar-refractivity contribution in [3.05, 3.63) is 34.5 Å². The lowest BCUT2D eigenvalue weighted by atomic mass is 9.91. The van der Waals surface area contributed by atoms with E-state index in [9.17, 15) is 0 Å². The number of nitrogens with two attached hydrogens (primary N) is 1. The van der Waals surface area contributed by atoms with Crippen LogP contribution < -0.4 is 5.73 Å². The van der Waals surface area contributed by atoms with Crippen molar-refractivity contribution in [1.82, 2.24) is 5.16 Å². The Labute approximate surface area is 128 Å². The Morgan fingerprint density at radius 3 is 2.80 bits per heavy atom. The summed E-state index contributed by atoms with van der Waals surface area (Å²) in [4.78, 5) is 0. The van der Waals surface area contributed by atoms with Crippen molar-refractivity contribution in [3.63, 3.8) is 0 Å². The average molecular weight is 337 g/mol. The van der Waals surface area contributed by atoms with E-state index in [4.69, 9.17) is 10.3 Å². The summed E-state index contributed by atoms with van der Waals surface area (Å²) in [6, 6.07) is 8.10. The van der Waals surface area contributed by atoms with Crippen molar-refractivity contribution in [1.29, 1.82) is 0 Å². The van der Waals surface area contributed by atoms with E-state index in [2.05, 4.69) is 41.0 Å². The van der Waals surface area contributed by atoms with Gasteiger partial charge in [-0.3, -0.25) is 0 Å². The molecule has 0 amide bonds. The molecule has 0 saturated heterocycles. The van der Waals surface area contributed by atoms with Crippen molar-refractivity contribution in [2.24, 2.45) is 0 Å². The van der Waals surface area contributed by atoms with Crippen LogP contribution in [0.4, 0.5) is 5.82 Å². The molecular weight excluding hydrogens is 316 g/mol. The second kappa shape index (κ2) is 6.93. The van der Waals surface area contributed by atoms with Crippen LogP contribution in [0.2, 0.25) is 0 Å². The number of hydrogen-bond acceptors (Lipinski definition) is 3. The van der Waals surface area contributed by atoms with Gasteiger partial charge in [0.1, 0.15) is 5.76 Å². The van der Waals surface area contributed by atoms with Gasteiger partial charge in [0.25, 0.3) is 0 Å². The van der Waals surface area contributed by atoms with Gasteiger partial charge in [-0.1, -0.05) is 59.9 Å². The highest BCUT2D eigenvalue weighted by Crippen LogP contribution is 2.38. The van der Waals surface area contributed by atoms with E-state index in [1.807, 2.05) is 18.2 Å². The monoisotopic (exact) mass is 336 g/mol. The zero-order valence-corrected chi connectivity index (χ0v) is 13.6. The van der Waals surface area contributed by atoms with Crippen LogP contribution in [0, 0.1) is 0 Å². The van der Waals surface area contributed by atoms with Crippen LogP contribution >= 0.6 is 15.9 Å². The molecule has 1 heterocycles. The molecule has 0 saturated carbocycles. The van der Waals surface area contributed by atoms with Crippen LogP contribution in [0.25, 0.3) is 11.1 Å². The molecule has 0 spiro atoms. The molecule has 3 nitrogen and oxygen atoms in total. The van der Waals surface area contributed by atoms with Crippen LogP contribution in [0.15, 0.2) is 33.3 Å². The van der Waals surface area contributed by atoms with Crippen molar-refractivity contribution >= 4 is 21.7 Å². The van der Waals surface area contributed by atoms with Crippen LogP contribution in [0.3, 0.4) is 0 Å². The number of nitrogens with zero attached hydrogens (tertiary/aromatic N) is 1. The average Bonchev–Trinajstić information content (AvgIpc) is 2.82. The molecule has 20 heavy (non-hydrogen) atoms. The number of halogens is 1. The highest BCUT2D eigenvalue weighted by molar-refractivity contribution is 9.10. The number of benzene rings is 1. The Kier molecular flexibility index (Phi) is 5.24. The van der Waals surface area contributed by atoms with E-state index in [1.165, 1.54) is 12.8 Å². The third kappa shape index (κ3) is 3.23. The summed E-state index contributed by atoms with van der Waals surface area (Å²) < 4.78 is 6.58. The van der Waals surface area contributed by atoms with Gasteiger partial charge >= 0.3 is 0 Å². The smallest absolute Gasteiger partial charge is 0.175 e. The molecular formula is C16H21BrN2O. The number of unbranched alkanes of at least 4 members (excludes halogenated alkanes) is 1. The first kappa shape index (κ1) is 15.1. The summed E-state index contributed by atoms with van der Waals surface area (Å²) in [6.07, 6.45) is 4.53. The third-order valence-corrected chi connectivity index (χ3v) is 4.12. The van der Waals surface area contributed by atoms with E-state index < -0.39 is 0 Å². The molecule has 0 aliphatic carbocycles. The lowest BCUT2D eigenvalue weighted by molar-refractivity contribution is 0.349. The summed E-state index contributed by atoms with van der Waals surface area (Å²) in [5.74, 6) is 1.79. The summed E-state index contributed by atoms with van der Waals surface area (Å²) in [5.41, 5.74) is 8.04. The molecule has 108 valence electrons. The maximum absolute atomic E-state index is 6.02. The van der Waals surface area contributed by atoms with Crippen LogP contribution in [-0.4, -0.2) is 5.16 Å². The lowest BCUT2D eigenvalue weighted by Gasteiger charge is -2.13. The fraction of sp³-hybridized carbons (Fsp3) is 0.438. The summed E-state index contributed by atoms with van der Waals surface area (Å²) in [6.45, 7) is 4.39. The Morgan fingerprint density at radius 2 is 2.15 bits per heavy atom. The quantitative estimate of drug-likeness (QED) is 0.771. The Balaban J connectivity index is 2.40. The van der Waals surface area contributed by atoms with E-state index in [0.717, 1.165) is 34.2 Å². The molecule has 1 aromatic heterocycles. The van der Waals surface area contributed by atoms with Gasteiger partial charge in [0, 0.05) is 10.4 Å². The van der Waals surface area contributed by atoms with Gasteiger partial charge in [-0.15, -0.1) is 0 Å². The summed E-state index contributed by atoms with van der Waals surface area (Å²) >= 11 is 3.50. The minimum Gasteiger partial charge on any atom is -0.380 e. The van der Waals surface area contributed by atoms with Crippen LogP contribution in [0.1, 0.15) is 51.2 Å². The molecule has 4 heteroatoms. The molecule has 1 aromatic carbocycles. The molecule has 0 radical (unpaired) electrons. The SMILES string of the molecule is CCCCC(CC)c1onc(N)c1-c1cccc(Br)c1. The number of aromatic nitrogens is 1. The molecule has 0 fully saturated rings. The largest absolute Gasteiger partial charge is 0.380 e. The second-order valence-corrected chi connectivity index (χ2v) is 5.98. The Hall–Kier alpha value is -1.29. The molecule has 0 aliphatic rings. The minimum atomic E-state index is 0.383. The predicted molar refractivity (Wildman–Crippen MR) is 86.6 cm³/mol. The normalized spacial score (nSPS) is 12.6. The number of rotatable bonds is 6. The predicted octanol–water partition coefficient (Wildman–Crippen LogP) is 5.37. The van der Waals surface area contributed by atoms with Crippen LogP contribution in [-0.2, 0) is 0 Å². The van der Waals surface area contributed by atoms with Crippen molar-refractivity contribution in [3.8, 4) is 11.1 Å². The molecule has 2 aromatic rings. The van der Waals surface area contributed by atoms with E-state index in [0.29, 0.717) is 11.7 Å². The van der Waals surface area contributed by atoms with Gasteiger partial charge in [-0.2, -0.15) is 0 Å². The molecule has 1 atom stereocenters. The van der Waals surface area contributed by atoms with E-state index >= 15 is 0 Å². The minimum absolute atomic E-state index is 0.383. The number of hydrogen-bond donors (Lipinski definition) is 1. The Bertz CT molecular complexity index is 565.